The molecule has 1 atom stereocenters. The molecular formula is C15H18FN3OS. The number of benzene rings is 1. The summed E-state index contributed by atoms with van der Waals surface area (Å²) in [5.41, 5.74) is 1.22. The number of hydrogen-bond acceptors (Lipinski definition) is 5. The highest BCUT2D eigenvalue weighted by atomic mass is 32.1. The average Bonchev–Trinajstić information content (AvgIpc) is 3.01. The van der Waals surface area contributed by atoms with Crippen LogP contribution in [0.5, 0.6) is 0 Å². The zero-order valence-electron chi connectivity index (χ0n) is 11.9. The number of anilines is 2. The molecule has 1 aromatic heterocycles. The molecule has 1 fully saturated rings. The van der Waals surface area contributed by atoms with Crippen molar-refractivity contribution in [2.75, 3.05) is 36.0 Å². The normalized spacial score (nSPS) is 17.1. The smallest absolute Gasteiger partial charge is 0.185 e. The zero-order chi connectivity index (χ0) is 14.8. The molecule has 6 heteroatoms. The average molecular weight is 307 g/mol. The molecule has 0 radical (unpaired) electrons. The Kier molecular flexibility index (Phi) is 4.07. The minimum atomic E-state index is -0.643. The largest absolute Gasteiger partial charge is 0.389 e. The minimum absolute atomic E-state index is 0.268. The van der Waals surface area contributed by atoms with E-state index in [1.54, 1.807) is 36.6 Å². The second-order valence-corrected chi connectivity index (χ2v) is 6.05. The van der Waals surface area contributed by atoms with Gasteiger partial charge in [0, 0.05) is 37.8 Å². The Morgan fingerprint density at radius 2 is 1.95 bits per heavy atom. The number of nitrogens with zero attached hydrogens (tertiary/aromatic N) is 3. The van der Waals surface area contributed by atoms with Crippen molar-refractivity contribution in [3.8, 4) is 0 Å². The predicted octanol–water partition coefficient (Wildman–Crippen LogP) is 2.66. The highest BCUT2D eigenvalue weighted by Crippen LogP contribution is 2.26. The molecule has 1 aliphatic rings. The molecule has 0 unspecified atom stereocenters. The molecule has 0 bridgehead atoms. The fourth-order valence-corrected chi connectivity index (χ4v) is 3.25. The summed E-state index contributed by atoms with van der Waals surface area (Å²) in [6, 6.07) is 4.97. The maximum atomic E-state index is 14.2. The lowest BCUT2D eigenvalue weighted by molar-refractivity contribution is 0.199. The maximum Gasteiger partial charge on any atom is 0.185 e. The molecule has 3 rings (SSSR count). The number of piperazine rings is 1. The molecule has 4 nitrogen and oxygen atoms in total. The first kappa shape index (κ1) is 14.3. The zero-order valence-corrected chi connectivity index (χ0v) is 12.7. The first-order valence-corrected chi connectivity index (χ1v) is 7.90. The van der Waals surface area contributed by atoms with Gasteiger partial charge in [-0.1, -0.05) is 6.07 Å². The van der Waals surface area contributed by atoms with E-state index in [-0.39, 0.29) is 5.82 Å². The quantitative estimate of drug-likeness (QED) is 0.946. The molecule has 0 saturated carbocycles. The van der Waals surface area contributed by atoms with Crippen LogP contribution in [0.2, 0.25) is 0 Å². The van der Waals surface area contributed by atoms with E-state index in [9.17, 15) is 9.50 Å². The number of thiazole rings is 1. The van der Waals surface area contributed by atoms with Gasteiger partial charge in [-0.3, -0.25) is 0 Å². The van der Waals surface area contributed by atoms with E-state index in [2.05, 4.69) is 9.88 Å². The molecule has 2 heterocycles. The molecular weight excluding hydrogens is 289 g/mol. The molecule has 1 N–H and O–H groups in total. The Bertz CT molecular complexity index is 595. The summed E-state index contributed by atoms with van der Waals surface area (Å²) in [5.74, 6) is -0.268. The number of rotatable bonds is 3. The van der Waals surface area contributed by atoms with Gasteiger partial charge in [0.2, 0.25) is 0 Å². The summed E-state index contributed by atoms with van der Waals surface area (Å²) in [6.45, 7) is 4.85. The SMILES string of the molecule is C[C@H](O)c1ccc(N2CCN(c3nccs3)CC2)c(F)c1. The third kappa shape index (κ3) is 3.01. The maximum absolute atomic E-state index is 14.2. The van der Waals surface area contributed by atoms with Crippen LogP contribution in [0.3, 0.4) is 0 Å². The van der Waals surface area contributed by atoms with E-state index < -0.39 is 6.10 Å². The van der Waals surface area contributed by atoms with Gasteiger partial charge in [0.1, 0.15) is 5.82 Å². The van der Waals surface area contributed by atoms with Crippen LogP contribution in [0, 0.1) is 5.82 Å². The Morgan fingerprint density at radius 1 is 1.24 bits per heavy atom. The second kappa shape index (κ2) is 5.99. The Labute approximate surface area is 127 Å². The molecule has 1 aromatic carbocycles. The highest BCUT2D eigenvalue weighted by Gasteiger charge is 2.21. The van der Waals surface area contributed by atoms with Crippen molar-refractivity contribution >= 4 is 22.2 Å². The van der Waals surface area contributed by atoms with Gasteiger partial charge in [0.05, 0.1) is 11.8 Å². The monoisotopic (exact) mass is 307 g/mol. The van der Waals surface area contributed by atoms with Crippen LogP contribution in [-0.2, 0) is 0 Å². The van der Waals surface area contributed by atoms with Gasteiger partial charge < -0.3 is 14.9 Å². The van der Waals surface area contributed by atoms with Gasteiger partial charge >= 0.3 is 0 Å². The van der Waals surface area contributed by atoms with E-state index >= 15 is 0 Å². The number of aliphatic hydroxyl groups is 1. The number of aliphatic hydroxyl groups excluding tert-OH is 1. The fraction of sp³-hybridized carbons (Fsp3) is 0.400. The summed E-state index contributed by atoms with van der Waals surface area (Å²) in [4.78, 5) is 8.58. The Balaban J connectivity index is 1.69. The van der Waals surface area contributed by atoms with Gasteiger partial charge in [-0.15, -0.1) is 11.3 Å². The third-order valence-electron chi connectivity index (χ3n) is 3.76. The standard InChI is InChI=1S/C15H18FN3OS/c1-11(20)12-2-3-14(13(16)10-12)18-5-7-19(8-6-18)15-17-4-9-21-15/h2-4,9-11,20H,5-8H2,1H3/t11-/m0/s1. The fourth-order valence-electron chi connectivity index (χ4n) is 2.55. The lowest BCUT2D eigenvalue weighted by Crippen LogP contribution is -2.46. The van der Waals surface area contributed by atoms with E-state index in [1.165, 1.54) is 6.07 Å². The van der Waals surface area contributed by atoms with E-state index in [0.717, 1.165) is 31.3 Å². The van der Waals surface area contributed by atoms with Crippen molar-refractivity contribution < 1.29 is 9.50 Å². The van der Waals surface area contributed by atoms with Gasteiger partial charge in [-0.2, -0.15) is 0 Å². The lowest BCUT2D eigenvalue weighted by Gasteiger charge is -2.36. The number of halogens is 1. The van der Waals surface area contributed by atoms with Crippen LogP contribution >= 0.6 is 11.3 Å². The van der Waals surface area contributed by atoms with Crippen LogP contribution in [0.1, 0.15) is 18.6 Å². The van der Waals surface area contributed by atoms with Crippen molar-refractivity contribution in [1.82, 2.24) is 4.98 Å². The van der Waals surface area contributed by atoms with E-state index in [0.29, 0.717) is 11.3 Å². The van der Waals surface area contributed by atoms with E-state index in [4.69, 9.17) is 0 Å². The van der Waals surface area contributed by atoms with Gasteiger partial charge in [0.25, 0.3) is 0 Å². The molecule has 1 saturated heterocycles. The van der Waals surface area contributed by atoms with Gasteiger partial charge in [-0.05, 0) is 24.6 Å². The van der Waals surface area contributed by atoms with Gasteiger partial charge in [0.15, 0.2) is 5.13 Å². The Morgan fingerprint density at radius 3 is 2.52 bits per heavy atom. The highest BCUT2D eigenvalue weighted by molar-refractivity contribution is 7.13. The van der Waals surface area contributed by atoms with Crippen molar-refractivity contribution in [2.24, 2.45) is 0 Å². The van der Waals surface area contributed by atoms with Gasteiger partial charge in [-0.25, -0.2) is 9.37 Å². The number of hydrogen-bond donors (Lipinski definition) is 1. The summed E-state index contributed by atoms with van der Waals surface area (Å²) >= 11 is 1.63. The Hall–Kier alpha value is -1.66. The van der Waals surface area contributed by atoms with E-state index in [1.807, 2.05) is 10.3 Å². The summed E-state index contributed by atoms with van der Waals surface area (Å²) in [5, 5.41) is 12.5. The molecule has 2 aromatic rings. The van der Waals surface area contributed by atoms with Crippen LogP contribution < -0.4 is 9.80 Å². The van der Waals surface area contributed by atoms with Crippen LogP contribution in [0.15, 0.2) is 29.8 Å². The van der Waals surface area contributed by atoms with Crippen molar-refractivity contribution in [3.63, 3.8) is 0 Å². The van der Waals surface area contributed by atoms with Crippen LogP contribution in [-0.4, -0.2) is 36.3 Å². The first-order valence-electron chi connectivity index (χ1n) is 7.02. The number of aromatic nitrogens is 1. The second-order valence-electron chi connectivity index (χ2n) is 5.18. The third-order valence-corrected chi connectivity index (χ3v) is 4.60. The molecule has 112 valence electrons. The summed E-state index contributed by atoms with van der Waals surface area (Å²) < 4.78 is 14.2. The van der Waals surface area contributed by atoms with Crippen LogP contribution in [0.4, 0.5) is 15.2 Å². The van der Waals surface area contributed by atoms with Crippen molar-refractivity contribution in [1.29, 1.82) is 0 Å². The molecule has 1 aliphatic heterocycles. The minimum Gasteiger partial charge on any atom is -0.389 e. The topological polar surface area (TPSA) is 39.6 Å². The van der Waals surface area contributed by atoms with Crippen LogP contribution in [0.25, 0.3) is 0 Å². The summed E-state index contributed by atoms with van der Waals surface area (Å²) in [6.07, 6.45) is 1.16. The van der Waals surface area contributed by atoms with Crippen molar-refractivity contribution in [3.05, 3.63) is 41.2 Å². The first-order chi connectivity index (χ1) is 10.1. The molecule has 21 heavy (non-hydrogen) atoms. The molecule has 0 amide bonds. The molecule has 0 spiro atoms. The molecule has 0 aliphatic carbocycles. The van der Waals surface area contributed by atoms with Crippen molar-refractivity contribution in [2.45, 2.75) is 13.0 Å². The lowest BCUT2D eigenvalue weighted by atomic mass is 10.1. The summed E-state index contributed by atoms with van der Waals surface area (Å²) in [7, 11) is 0. The predicted molar refractivity (Wildman–Crippen MR) is 83.6 cm³/mol.